The fourth-order valence-corrected chi connectivity index (χ4v) is 4.85. The molecule has 1 aromatic rings. The zero-order chi connectivity index (χ0) is 18.3. The Morgan fingerprint density at radius 3 is 2.52 bits per heavy atom. The minimum absolute atomic E-state index is 0.209. The van der Waals surface area contributed by atoms with Crippen molar-refractivity contribution in [2.75, 3.05) is 20.3 Å². The standard InChI is InChI=1S/C21H32O4/c1-15-14-17(6-7-18(15)23-5)9-10-20(22)16(2)8-11-21(19(20,3)4)24-12-13-25-21/h6-7,14,16,22H,8-13H2,1-5H3. The number of methoxy groups -OCH3 is 1. The van der Waals surface area contributed by atoms with Crippen LogP contribution in [-0.4, -0.2) is 36.8 Å². The molecule has 0 bridgehead atoms. The predicted molar refractivity (Wildman–Crippen MR) is 97.8 cm³/mol. The summed E-state index contributed by atoms with van der Waals surface area (Å²) in [4.78, 5) is 0. The van der Waals surface area contributed by atoms with Crippen LogP contribution in [0.25, 0.3) is 0 Å². The summed E-state index contributed by atoms with van der Waals surface area (Å²) in [5.41, 5.74) is 1.06. The van der Waals surface area contributed by atoms with Gasteiger partial charge >= 0.3 is 0 Å². The van der Waals surface area contributed by atoms with Crippen molar-refractivity contribution in [3.05, 3.63) is 29.3 Å². The Balaban J connectivity index is 1.82. The first-order valence-corrected chi connectivity index (χ1v) is 9.39. The van der Waals surface area contributed by atoms with Gasteiger partial charge in [0.1, 0.15) is 5.75 Å². The SMILES string of the molecule is COc1ccc(CCC2(O)C(C)CCC3(OCCO3)C2(C)C)cc1C. The van der Waals surface area contributed by atoms with Gasteiger partial charge in [0, 0.05) is 11.8 Å². The molecule has 0 radical (unpaired) electrons. The van der Waals surface area contributed by atoms with Gasteiger partial charge in [-0.2, -0.15) is 0 Å². The number of rotatable bonds is 4. The van der Waals surface area contributed by atoms with E-state index < -0.39 is 16.8 Å². The monoisotopic (exact) mass is 348 g/mol. The second-order valence-electron chi connectivity index (χ2n) is 8.24. The van der Waals surface area contributed by atoms with Crippen molar-refractivity contribution in [3.63, 3.8) is 0 Å². The van der Waals surface area contributed by atoms with Crippen molar-refractivity contribution < 1.29 is 19.3 Å². The van der Waals surface area contributed by atoms with Crippen molar-refractivity contribution in [2.24, 2.45) is 11.3 Å². The van der Waals surface area contributed by atoms with Crippen LogP contribution in [0.5, 0.6) is 5.75 Å². The molecular formula is C21H32O4. The molecule has 0 aromatic heterocycles. The summed E-state index contributed by atoms with van der Waals surface area (Å²) < 4.78 is 17.4. The van der Waals surface area contributed by atoms with Crippen LogP contribution in [0.1, 0.15) is 51.2 Å². The quantitative estimate of drug-likeness (QED) is 0.897. The maximum Gasteiger partial charge on any atom is 0.176 e. The van der Waals surface area contributed by atoms with Gasteiger partial charge in [0.15, 0.2) is 5.79 Å². The van der Waals surface area contributed by atoms with Crippen LogP contribution < -0.4 is 4.74 Å². The Morgan fingerprint density at radius 2 is 1.92 bits per heavy atom. The molecule has 140 valence electrons. The molecule has 1 N–H and O–H groups in total. The third kappa shape index (κ3) is 2.88. The summed E-state index contributed by atoms with van der Waals surface area (Å²) in [7, 11) is 1.69. The lowest BCUT2D eigenvalue weighted by Crippen LogP contribution is -2.65. The predicted octanol–water partition coefficient (Wildman–Crippen LogP) is 3.87. The van der Waals surface area contributed by atoms with E-state index in [0.29, 0.717) is 19.6 Å². The van der Waals surface area contributed by atoms with E-state index in [1.165, 1.54) is 5.56 Å². The highest BCUT2D eigenvalue weighted by Crippen LogP contribution is 2.57. The van der Waals surface area contributed by atoms with Gasteiger partial charge in [-0.1, -0.05) is 32.9 Å². The van der Waals surface area contributed by atoms with E-state index in [0.717, 1.165) is 30.6 Å². The summed E-state index contributed by atoms with van der Waals surface area (Å²) in [5, 5.41) is 11.7. The third-order valence-corrected chi connectivity index (χ3v) is 6.76. The first-order valence-electron chi connectivity index (χ1n) is 9.39. The largest absolute Gasteiger partial charge is 0.496 e. The Kier molecular flexibility index (Phi) is 4.91. The second-order valence-corrected chi connectivity index (χ2v) is 8.24. The third-order valence-electron chi connectivity index (χ3n) is 6.76. The highest BCUT2D eigenvalue weighted by atomic mass is 16.7. The Hall–Kier alpha value is -1.10. The first-order chi connectivity index (χ1) is 11.8. The number of benzene rings is 1. The van der Waals surface area contributed by atoms with Gasteiger partial charge in [0.2, 0.25) is 0 Å². The average Bonchev–Trinajstić information content (AvgIpc) is 3.06. The number of aliphatic hydroxyl groups is 1. The number of aryl methyl sites for hydroxylation is 2. The molecule has 4 nitrogen and oxygen atoms in total. The molecule has 1 aromatic carbocycles. The summed E-state index contributed by atoms with van der Waals surface area (Å²) in [6, 6.07) is 6.25. The van der Waals surface area contributed by atoms with Gasteiger partial charge in [0.05, 0.1) is 25.9 Å². The Bertz CT molecular complexity index is 618. The fraction of sp³-hybridized carbons (Fsp3) is 0.714. The molecule has 2 unspecified atom stereocenters. The maximum atomic E-state index is 11.7. The smallest absolute Gasteiger partial charge is 0.176 e. The molecule has 2 aliphatic rings. The zero-order valence-corrected chi connectivity index (χ0v) is 16.2. The van der Waals surface area contributed by atoms with E-state index in [2.05, 4.69) is 39.8 Å². The van der Waals surface area contributed by atoms with Crippen LogP contribution in [-0.2, 0) is 15.9 Å². The van der Waals surface area contributed by atoms with E-state index in [-0.39, 0.29) is 5.92 Å². The van der Waals surface area contributed by atoms with Crippen LogP contribution >= 0.6 is 0 Å². The molecule has 2 atom stereocenters. The lowest BCUT2D eigenvalue weighted by atomic mass is 9.56. The zero-order valence-electron chi connectivity index (χ0n) is 16.2. The number of hydrogen-bond acceptors (Lipinski definition) is 4. The van der Waals surface area contributed by atoms with Crippen LogP contribution in [0.2, 0.25) is 0 Å². The van der Waals surface area contributed by atoms with Gasteiger partial charge in [0.25, 0.3) is 0 Å². The van der Waals surface area contributed by atoms with Crippen LogP contribution in [0.3, 0.4) is 0 Å². The molecular weight excluding hydrogens is 316 g/mol. The summed E-state index contributed by atoms with van der Waals surface area (Å²) in [6.45, 7) is 9.65. The topological polar surface area (TPSA) is 47.9 Å². The van der Waals surface area contributed by atoms with E-state index in [9.17, 15) is 5.11 Å². The second kappa shape index (κ2) is 6.57. The van der Waals surface area contributed by atoms with Gasteiger partial charge < -0.3 is 19.3 Å². The van der Waals surface area contributed by atoms with Crippen LogP contribution in [0.4, 0.5) is 0 Å². The number of hydrogen-bond donors (Lipinski definition) is 1. The molecule has 1 heterocycles. The maximum absolute atomic E-state index is 11.7. The molecule has 1 aliphatic heterocycles. The number of ether oxygens (including phenoxy) is 3. The van der Waals surface area contributed by atoms with Crippen LogP contribution in [0.15, 0.2) is 18.2 Å². The van der Waals surface area contributed by atoms with Crippen molar-refractivity contribution in [1.82, 2.24) is 0 Å². The molecule has 1 spiro atoms. The Labute approximate surface area is 151 Å². The molecule has 2 fully saturated rings. The normalized spacial score (nSPS) is 30.6. The van der Waals surface area contributed by atoms with Crippen molar-refractivity contribution in [3.8, 4) is 5.75 Å². The summed E-state index contributed by atoms with van der Waals surface area (Å²) >= 11 is 0. The molecule has 1 saturated carbocycles. The van der Waals surface area contributed by atoms with Crippen molar-refractivity contribution in [1.29, 1.82) is 0 Å². The van der Waals surface area contributed by atoms with E-state index in [1.54, 1.807) is 7.11 Å². The lowest BCUT2D eigenvalue weighted by Gasteiger charge is -2.58. The van der Waals surface area contributed by atoms with E-state index in [1.807, 2.05) is 6.07 Å². The van der Waals surface area contributed by atoms with E-state index in [4.69, 9.17) is 14.2 Å². The molecule has 3 rings (SSSR count). The van der Waals surface area contributed by atoms with Crippen LogP contribution in [0, 0.1) is 18.3 Å². The molecule has 1 aliphatic carbocycles. The molecule has 4 heteroatoms. The van der Waals surface area contributed by atoms with Gasteiger partial charge in [-0.15, -0.1) is 0 Å². The first kappa shape index (κ1) is 18.7. The minimum atomic E-state index is -0.830. The van der Waals surface area contributed by atoms with Crippen molar-refractivity contribution >= 4 is 0 Å². The minimum Gasteiger partial charge on any atom is -0.496 e. The fourth-order valence-electron chi connectivity index (χ4n) is 4.85. The van der Waals surface area contributed by atoms with Gasteiger partial charge in [-0.05, 0) is 49.3 Å². The Morgan fingerprint density at radius 1 is 1.24 bits per heavy atom. The van der Waals surface area contributed by atoms with Gasteiger partial charge in [-0.25, -0.2) is 0 Å². The molecule has 1 saturated heterocycles. The summed E-state index contributed by atoms with van der Waals surface area (Å²) in [6.07, 6.45) is 3.29. The van der Waals surface area contributed by atoms with Crippen molar-refractivity contribution in [2.45, 2.75) is 64.8 Å². The average molecular weight is 348 g/mol. The molecule has 25 heavy (non-hydrogen) atoms. The highest BCUT2D eigenvalue weighted by Gasteiger charge is 2.64. The highest BCUT2D eigenvalue weighted by molar-refractivity contribution is 5.36. The summed E-state index contributed by atoms with van der Waals surface area (Å²) in [5.74, 6) is 0.463. The molecule has 0 amide bonds. The van der Waals surface area contributed by atoms with E-state index >= 15 is 0 Å². The van der Waals surface area contributed by atoms with Gasteiger partial charge in [-0.3, -0.25) is 0 Å². The lowest BCUT2D eigenvalue weighted by molar-refractivity contribution is -0.316.